The number of ether oxygens (including phenoxy) is 2. The van der Waals surface area contributed by atoms with Gasteiger partial charge in [0.15, 0.2) is 0 Å². The fourth-order valence-corrected chi connectivity index (χ4v) is 1.30. The average molecular weight is 232 g/mol. The first kappa shape index (κ1) is 9.32. The molecule has 0 N–H and O–H groups in total. The lowest BCUT2D eigenvalue weighted by molar-refractivity contribution is 0.385. The van der Waals surface area contributed by atoms with Crippen LogP contribution in [0.15, 0.2) is 12.3 Å². The molecule has 0 aromatic carbocycles. The fraction of sp³-hybridized carbons (Fsp3) is 0.375. The molecular formula is C8H10BrNO2. The predicted molar refractivity (Wildman–Crippen MR) is 50.0 cm³/mol. The van der Waals surface area contributed by atoms with Gasteiger partial charge in [-0.25, -0.2) is 4.98 Å². The summed E-state index contributed by atoms with van der Waals surface area (Å²) in [7, 11) is 3.21. The Hall–Kier alpha value is -0.770. The second-order valence-electron chi connectivity index (χ2n) is 2.17. The van der Waals surface area contributed by atoms with Gasteiger partial charge >= 0.3 is 0 Å². The Morgan fingerprint density at radius 1 is 1.42 bits per heavy atom. The van der Waals surface area contributed by atoms with Gasteiger partial charge in [0.25, 0.3) is 0 Å². The maximum atomic E-state index is 5.09. The molecule has 4 heteroatoms. The van der Waals surface area contributed by atoms with Gasteiger partial charge in [0.2, 0.25) is 5.88 Å². The average Bonchev–Trinajstić information content (AvgIpc) is 2.16. The molecule has 0 bridgehead atoms. The van der Waals surface area contributed by atoms with Crippen molar-refractivity contribution in [2.75, 3.05) is 14.2 Å². The minimum atomic E-state index is 0.602. The number of rotatable bonds is 3. The summed E-state index contributed by atoms with van der Waals surface area (Å²) >= 11 is 3.35. The van der Waals surface area contributed by atoms with Crippen LogP contribution in [0.1, 0.15) is 5.56 Å². The molecule has 0 aliphatic rings. The fourth-order valence-electron chi connectivity index (χ4n) is 0.862. The highest BCUT2D eigenvalue weighted by atomic mass is 79.9. The molecule has 0 saturated heterocycles. The summed E-state index contributed by atoms with van der Waals surface area (Å²) in [6, 6.07) is 1.84. The number of halogens is 1. The van der Waals surface area contributed by atoms with Crippen molar-refractivity contribution in [3.8, 4) is 11.6 Å². The molecule has 1 aromatic rings. The van der Waals surface area contributed by atoms with E-state index in [1.165, 1.54) is 0 Å². The van der Waals surface area contributed by atoms with Gasteiger partial charge in [-0.1, -0.05) is 15.9 Å². The van der Waals surface area contributed by atoms with Crippen molar-refractivity contribution in [1.29, 1.82) is 0 Å². The van der Waals surface area contributed by atoms with Gasteiger partial charge in [0, 0.05) is 17.0 Å². The molecule has 1 rings (SSSR count). The van der Waals surface area contributed by atoms with Crippen LogP contribution in [0.5, 0.6) is 11.6 Å². The third-order valence-electron chi connectivity index (χ3n) is 1.50. The Morgan fingerprint density at radius 2 is 2.17 bits per heavy atom. The summed E-state index contributed by atoms with van der Waals surface area (Å²) in [6.45, 7) is 0. The largest absolute Gasteiger partial charge is 0.495 e. The van der Waals surface area contributed by atoms with Crippen molar-refractivity contribution >= 4 is 15.9 Å². The van der Waals surface area contributed by atoms with Gasteiger partial charge in [-0.15, -0.1) is 0 Å². The van der Waals surface area contributed by atoms with Crippen LogP contribution >= 0.6 is 15.9 Å². The van der Waals surface area contributed by atoms with E-state index in [0.717, 1.165) is 16.6 Å². The van der Waals surface area contributed by atoms with E-state index < -0.39 is 0 Å². The predicted octanol–water partition coefficient (Wildman–Crippen LogP) is 1.99. The Balaban J connectivity index is 3.02. The van der Waals surface area contributed by atoms with Gasteiger partial charge < -0.3 is 9.47 Å². The molecule has 0 spiro atoms. The van der Waals surface area contributed by atoms with Crippen LogP contribution in [0, 0.1) is 0 Å². The first-order chi connectivity index (χ1) is 5.81. The minimum absolute atomic E-state index is 0.602. The van der Waals surface area contributed by atoms with Gasteiger partial charge in [-0.05, 0) is 0 Å². The van der Waals surface area contributed by atoms with Gasteiger partial charge in [-0.2, -0.15) is 0 Å². The molecule has 1 heterocycles. The van der Waals surface area contributed by atoms with Crippen LogP contribution in [0.4, 0.5) is 0 Å². The van der Waals surface area contributed by atoms with E-state index in [-0.39, 0.29) is 0 Å². The van der Waals surface area contributed by atoms with E-state index in [0.29, 0.717) is 5.88 Å². The highest BCUT2D eigenvalue weighted by Crippen LogP contribution is 2.22. The van der Waals surface area contributed by atoms with E-state index in [1.807, 2.05) is 6.07 Å². The van der Waals surface area contributed by atoms with Crippen LogP contribution in [0.3, 0.4) is 0 Å². The Morgan fingerprint density at radius 3 is 2.67 bits per heavy atom. The zero-order valence-electron chi connectivity index (χ0n) is 7.00. The SMILES string of the molecule is COc1cc(CBr)c(OC)cn1. The van der Waals surface area contributed by atoms with Crippen LogP contribution in [-0.4, -0.2) is 19.2 Å². The van der Waals surface area contributed by atoms with E-state index in [1.54, 1.807) is 20.4 Å². The zero-order chi connectivity index (χ0) is 8.97. The maximum Gasteiger partial charge on any atom is 0.213 e. The topological polar surface area (TPSA) is 31.4 Å². The molecular weight excluding hydrogens is 222 g/mol. The van der Waals surface area contributed by atoms with Gasteiger partial charge in [0.1, 0.15) is 5.75 Å². The summed E-state index contributed by atoms with van der Waals surface area (Å²) in [6.07, 6.45) is 1.65. The Kier molecular flexibility index (Phi) is 3.34. The van der Waals surface area contributed by atoms with Crippen LogP contribution in [-0.2, 0) is 5.33 Å². The normalized spacial score (nSPS) is 9.58. The molecule has 0 atom stereocenters. The van der Waals surface area contributed by atoms with Crippen molar-refractivity contribution in [1.82, 2.24) is 4.98 Å². The number of nitrogens with zero attached hydrogens (tertiary/aromatic N) is 1. The molecule has 12 heavy (non-hydrogen) atoms. The smallest absolute Gasteiger partial charge is 0.213 e. The molecule has 0 radical (unpaired) electrons. The number of aromatic nitrogens is 1. The molecule has 3 nitrogen and oxygen atoms in total. The number of methoxy groups -OCH3 is 2. The molecule has 66 valence electrons. The van der Waals surface area contributed by atoms with E-state index in [9.17, 15) is 0 Å². The van der Waals surface area contributed by atoms with Crippen molar-refractivity contribution < 1.29 is 9.47 Å². The quantitative estimate of drug-likeness (QED) is 0.747. The third-order valence-corrected chi connectivity index (χ3v) is 2.10. The summed E-state index contributed by atoms with van der Waals surface area (Å²) in [5.41, 5.74) is 1.03. The molecule has 0 fully saturated rings. The van der Waals surface area contributed by atoms with Gasteiger partial charge in [0.05, 0.1) is 20.4 Å². The molecule has 0 amide bonds. The summed E-state index contributed by atoms with van der Waals surface area (Å²) in [5.74, 6) is 1.37. The molecule has 0 saturated carbocycles. The van der Waals surface area contributed by atoms with E-state index in [4.69, 9.17) is 9.47 Å². The second-order valence-corrected chi connectivity index (χ2v) is 2.73. The lowest BCUT2D eigenvalue weighted by Gasteiger charge is -2.06. The Bertz CT molecular complexity index is 265. The highest BCUT2D eigenvalue weighted by Gasteiger charge is 2.03. The third kappa shape index (κ3) is 1.88. The molecule has 0 unspecified atom stereocenters. The van der Waals surface area contributed by atoms with Crippen LogP contribution in [0.25, 0.3) is 0 Å². The minimum Gasteiger partial charge on any atom is -0.495 e. The number of hydrogen-bond acceptors (Lipinski definition) is 3. The standard InChI is InChI=1S/C8H10BrNO2/c1-11-7-5-10-8(12-2)3-6(7)4-9/h3,5H,4H2,1-2H3. The second kappa shape index (κ2) is 4.30. The van der Waals surface area contributed by atoms with Crippen LogP contribution < -0.4 is 9.47 Å². The first-order valence-corrected chi connectivity index (χ1v) is 4.56. The lowest BCUT2D eigenvalue weighted by Crippen LogP contribution is -1.93. The molecule has 0 aliphatic carbocycles. The highest BCUT2D eigenvalue weighted by molar-refractivity contribution is 9.08. The molecule has 1 aromatic heterocycles. The van der Waals surface area contributed by atoms with Crippen molar-refractivity contribution in [2.24, 2.45) is 0 Å². The lowest BCUT2D eigenvalue weighted by atomic mass is 10.3. The van der Waals surface area contributed by atoms with Crippen molar-refractivity contribution in [2.45, 2.75) is 5.33 Å². The zero-order valence-corrected chi connectivity index (χ0v) is 8.59. The van der Waals surface area contributed by atoms with Crippen molar-refractivity contribution in [3.63, 3.8) is 0 Å². The van der Waals surface area contributed by atoms with Crippen molar-refractivity contribution in [3.05, 3.63) is 17.8 Å². The van der Waals surface area contributed by atoms with E-state index in [2.05, 4.69) is 20.9 Å². The first-order valence-electron chi connectivity index (χ1n) is 3.44. The Labute approximate surface area is 79.8 Å². The summed E-state index contributed by atoms with van der Waals surface area (Å²) in [5, 5.41) is 0.731. The monoisotopic (exact) mass is 231 g/mol. The number of pyridine rings is 1. The number of hydrogen-bond donors (Lipinski definition) is 0. The number of alkyl halides is 1. The van der Waals surface area contributed by atoms with Gasteiger partial charge in [-0.3, -0.25) is 0 Å². The van der Waals surface area contributed by atoms with Crippen LogP contribution in [0.2, 0.25) is 0 Å². The van der Waals surface area contributed by atoms with E-state index >= 15 is 0 Å². The maximum absolute atomic E-state index is 5.09. The summed E-state index contributed by atoms with van der Waals surface area (Å²) < 4.78 is 10.1. The summed E-state index contributed by atoms with van der Waals surface area (Å²) in [4.78, 5) is 4.01. The molecule has 0 aliphatic heterocycles.